The Hall–Kier alpha value is -2.48. The first kappa shape index (κ1) is 20.8. The molecule has 9 heteroatoms. The summed E-state index contributed by atoms with van der Waals surface area (Å²) in [5, 5.41) is 5.43. The highest BCUT2D eigenvalue weighted by Crippen LogP contribution is 2.22. The maximum absolute atomic E-state index is 14.0. The Kier molecular flexibility index (Phi) is 6.04. The van der Waals surface area contributed by atoms with Crippen molar-refractivity contribution in [1.29, 1.82) is 0 Å². The predicted molar refractivity (Wildman–Crippen MR) is 114 cm³/mol. The molecule has 1 fully saturated rings. The quantitative estimate of drug-likeness (QED) is 0.606. The second-order valence-electron chi connectivity index (χ2n) is 7.14. The monoisotopic (exact) mass is 447 g/mol. The molecule has 0 radical (unpaired) electrons. The van der Waals surface area contributed by atoms with Gasteiger partial charge in [-0.25, -0.2) is 14.1 Å². The fraction of sp³-hybridized carbons (Fsp3) is 0.286. The fourth-order valence-corrected chi connectivity index (χ4v) is 3.81. The van der Waals surface area contributed by atoms with E-state index in [1.807, 2.05) is 12.1 Å². The molecule has 1 aliphatic heterocycles. The molecule has 0 bridgehead atoms. The third kappa shape index (κ3) is 4.33. The lowest BCUT2D eigenvalue weighted by molar-refractivity contribution is 0.0615. The predicted octanol–water partition coefficient (Wildman–Crippen LogP) is 3.98. The number of carbonyl (C=O) groups is 1. The molecule has 1 aromatic heterocycles. The number of nitrogens with zero attached hydrogens (tertiary/aromatic N) is 5. The number of hydrogen-bond acceptors (Lipinski definition) is 4. The normalized spacial score (nSPS) is 14.9. The second-order valence-corrected chi connectivity index (χ2v) is 7.98. The Morgan fingerprint density at radius 3 is 2.43 bits per heavy atom. The highest BCUT2D eigenvalue weighted by molar-refractivity contribution is 6.31. The van der Waals surface area contributed by atoms with Crippen LogP contribution in [-0.2, 0) is 6.54 Å². The molecule has 0 aliphatic carbocycles. The third-order valence-electron chi connectivity index (χ3n) is 5.13. The van der Waals surface area contributed by atoms with Crippen LogP contribution >= 0.6 is 23.2 Å². The summed E-state index contributed by atoms with van der Waals surface area (Å²) in [6.45, 7) is 4.48. The first-order valence-electron chi connectivity index (χ1n) is 9.56. The molecular formula is C21H20Cl2FN5O. The van der Waals surface area contributed by atoms with Crippen molar-refractivity contribution in [3.63, 3.8) is 0 Å². The van der Waals surface area contributed by atoms with Crippen molar-refractivity contribution in [2.75, 3.05) is 26.2 Å². The Balaban J connectivity index is 1.41. The molecule has 0 spiro atoms. The Labute approximate surface area is 183 Å². The topological polar surface area (TPSA) is 54.3 Å². The van der Waals surface area contributed by atoms with Crippen LogP contribution in [0.3, 0.4) is 0 Å². The van der Waals surface area contributed by atoms with Gasteiger partial charge in [-0.3, -0.25) is 9.69 Å². The SMILES string of the molecule is Cc1nc(C(=O)N2CCN(Cc3c(F)cccc3Cl)CC2)nn1-c1ccc(Cl)cc1. The Morgan fingerprint density at radius 2 is 1.77 bits per heavy atom. The van der Waals surface area contributed by atoms with E-state index in [0.29, 0.717) is 54.2 Å². The van der Waals surface area contributed by atoms with Crippen molar-refractivity contribution in [3.8, 4) is 5.69 Å². The molecule has 0 atom stereocenters. The summed E-state index contributed by atoms with van der Waals surface area (Å²) in [6, 6.07) is 11.9. The zero-order chi connectivity index (χ0) is 21.3. The molecule has 0 saturated carbocycles. The molecule has 3 aromatic rings. The maximum Gasteiger partial charge on any atom is 0.293 e. The largest absolute Gasteiger partial charge is 0.333 e. The van der Waals surface area contributed by atoms with E-state index in [1.165, 1.54) is 6.07 Å². The van der Waals surface area contributed by atoms with Crippen LogP contribution in [0.25, 0.3) is 5.69 Å². The van der Waals surface area contributed by atoms with E-state index in [-0.39, 0.29) is 17.5 Å². The van der Waals surface area contributed by atoms with Gasteiger partial charge >= 0.3 is 0 Å². The number of halogens is 3. The highest BCUT2D eigenvalue weighted by atomic mass is 35.5. The van der Waals surface area contributed by atoms with Gasteiger partial charge in [-0.2, -0.15) is 0 Å². The zero-order valence-electron chi connectivity index (χ0n) is 16.4. The van der Waals surface area contributed by atoms with Crippen LogP contribution in [0.4, 0.5) is 4.39 Å². The van der Waals surface area contributed by atoms with Gasteiger partial charge in [0.1, 0.15) is 11.6 Å². The minimum Gasteiger partial charge on any atom is -0.333 e. The van der Waals surface area contributed by atoms with Gasteiger partial charge in [-0.05, 0) is 43.3 Å². The van der Waals surface area contributed by atoms with Crippen LogP contribution in [0.2, 0.25) is 10.0 Å². The standard InChI is InChI=1S/C21H20Cl2FN5O/c1-14-25-20(26-29(14)16-7-5-15(22)6-8-16)21(30)28-11-9-27(10-12-28)13-17-18(23)3-2-4-19(17)24/h2-8H,9-13H2,1H3. The Bertz CT molecular complexity index is 1040. The summed E-state index contributed by atoms with van der Waals surface area (Å²) in [6.07, 6.45) is 0. The number of carbonyl (C=O) groups excluding carboxylic acids is 1. The Morgan fingerprint density at radius 1 is 1.07 bits per heavy atom. The lowest BCUT2D eigenvalue weighted by Crippen LogP contribution is -2.48. The van der Waals surface area contributed by atoms with Gasteiger partial charge in [0.05, 0.1) is 5.69 Å². The molecule has 156 valence electrons. The maximum atomic E-state index is 14.0. The van der Waals surface area contributed by atoms with Crippen LogP contribution in [0.15, 0.2) is 42.5 Å². The number of hydrogen-bond donors (Lipinski definition) is 0. The van der Waals surface area contributed by atoms with Gasteiger partial charge in [-0.15, -0.1) is 5.10 Å². The molecule has 0 unspecified atom stereocenters. The van der Waals surface area contributed by atoms with Crippen molar-refractivity contribution in [2.24, 2.45) is 0 Å². The molecule has 4 rings (SSSR count). The molecule has 2 heterocycles. The van der Waals surface area contributed by atoms with Crippen LogP contribution in [0, 0.1) is 12.7 Å². The van der Waals surface area contributed by atoms with E-state index in [1.54, 1.807) is 40.8 Å². The van der Waals surface area contributed by atoms with Crippen molar-refractivity contribution in [2.45, 2.75) is 13.5 Å². The van der Waals surface area contributed by atoms with Gasteiger partial charge in [-0.1, -0.05) is 29.3 Å². The third-order valence-corrected chi connectivity index (χ3v) is 5.74. The first-order chi connectivity index (χ1) is 14.4. The van der Waals surface area contributed by atoms with Crippen molar-refractivity contribution in [3.05, 3.63) is 75.5 Å². The average molecular weight is 448 g/mol. The second kappa shape index (κ2) is 8.71. The van der Waals surface area contributed by atoms with E-state index in [9.17, 15) is 9.18 Å². The molecule has 6 nitrogen and oxygen atoms in total. The van der Waals surface area contributed by atoms with Crippen molar-refractivity contribution in [1.82, 2.24) is 24.6 Å². The van der Waals surface area contributed by atoms with Crippen molar-refractivity contribution < 1.29 is 9.18 Å². The van der Waals surface area contributed by atoms with Gasteiger partial charge in [0.25, 0.3) is 5.91 Å². The average Bonchev–Trinajstić information content (AvgIpc) is 3.13. The van der Waals surface area contributed by atoms with Crippen LogP contribution < -0.4 is 0 Å². The minimum atomic E-state index is -0.312. The molecule has 1 saturated heterocycles. The van der Waals surface area contributed by atoms with E-state index < -0.39 is 0 Å². The zero-order valence-corrected chi connectivity index (χ0v) is 17.9. The van der Waals surface area contributed by atoms with Gasteiger partial charge in [0.2, 0.25) is 5.82 Å². The summed E-state index contributed by atoms with van der Waals surface area (Å²) in [4.78, 5) is 21.0. The number of aryl methyl sites for hydroxylation is 1. The molecule has 30 heavy (non-hydrogen) atoms. The van der Waals surface area contributed by atoms with Crippen molar-refractivity contribution >= 4 is 29.1 Å². The molecule has 2 aromatic carbocycles. The van der Waals surface area contributed by atoms with Crippen LogP contribution in [0.1, 0.15) is 22.0 Å². The van der Waals surface area contributed by atoms with Gasteiger partial charge in [0.15, 0.2) is 0 Å². The number of piperazine rings is 1. The number of aromatic nitrogens is 3. The van der Waals surface area contributed by atoms with Gasteiger partial charge < -0.3 is 4.90 Å². The number of amides is 1. The number of rotatable bonds is 4. The van der Waals surface area contributed by atoms with E-state index in [0.717, 1.165) is 5.69 Å². The fourth-order valence-electron chi connectivity index (χ4n) is 3.47. The summed E-state index contributed by atoms with van der Waals surface area (Å²) in [5.74, 6) is 0.254. The van der Waals surface area contributed by atoms with E-state index in [4.69, 9.17) is 23.2 Å². The van der Waals surface area contributed by atoms with Gasteiger partial charge in [0, 0.05) is 48.3 Å². The van der Waals surface area contributed by atoms with Crippen LogP contribution in [-0.4, -0.2) is 56.7 Å². The lowest BCUT2D eigenvalue weighted by atomic mass is 10.2. The summed E-state index contributed by atoms with van der Waals surface area (Å²) < 4.78 is 15.7. The van der Waals surface area contributed by atoms with Crippen LogP contribution in [0.5, 0.6) is 0 Å². The number of benzene rings is 2. The summed E-state index contributed by atoms with van der Waals surface area (Å²) in [5.41, 5.74) is 1.27. The summed E-state index contributed by atoms with van der Waals surface area (Å²) in [7, 11) is 0. The first-order valence-corrected chi connectivity index (χ1v) is 10.3. The molecule has 1 amide bonds. The highest BCUT2D eigenvalue weighted by Gasteiger charge is 2.26. The molecular weight excluding hydrogens is 428 g/mol. The van der Waals surface area contributed by atoms with E-state index in [2.05, 4.69) is 15.0 Å². The minimum absolute atomic E-state index is 0.160. The summed E-state index contributed by atoms with van der Waals surface area (Å²) >= 11 is 12.1. The molecule has 1 aliphatic rings. The smallest absolute Gasteiger partial charge is 0.293 e. The molecule has 0 N–H and O–H groups in total. The van der Waals surface area contributed by atoms with E-state index >= 15 is 0 Å². The lowest BCUT2D eigenvalue weighted by Gasteiger charge is -2.34.